The summed E-state index contributed by atoms with van der Waals surface area (Å²) in [5, 5.41) is 7.09. The quantitative estimate of drug-likeness (QED) is 0.755. The van der Waals surface area contributed by atoms with E-state index in [9.17, 15) is 4.79 Å². The fourth-order valence-electron chi connectivity index (χ4n) is 2.12. The van der Waals surface area contributed by atoms with Gasteiger partial charge in [-0.05, 0) is 49.4 Å². The van der Waals surface area contributed by atoms with Crippen molar-refractivity contribution < 1.29 is 9.53 Å². The number of hydrogen-bond acceptors (Lipinski definition) is 4. The van der Waals surface area contributed by atoms with Crippen molar-refractivity contribution in [1.82, 2.24) is 15.1 Å². The zero-order valence-corrected chi connectivity index (χ0v) is 14.5. The number of nitrogens with zero attached hydrogens (tertiary/aromatic N) is 2. The summed E-state index contributed by atoms with van der Waals surface area (Å²) in [6.07, 6.45) is 5.18. The van der Waals surface area contributed by atoms with Crippen LogP contribution >= 0.6 is 11.8 Å². The van der Waals surface area contributed by atoms with Gasteiger partial charge in [0.15, 0.2) is 6.10 Å². The minimum atomic E-state index is -0.521. The Hall–Kier alpha value is -1.95. The molecular formula is C17H23N3O2S. The number of rotatable bonds is 8. The summed E-state index contributed by atoms with van der Waals surface area (Å²) in [7, 11) is 0. The zero-order chi connectivity index (χ0) is 16.7. The summed E-state index contributed by atoms with van der Waals surface area (Å²) in [6.45, 7) is 5.21. The van der Waals surface area contributed by atoms with Crippen LogP contribution in [0.15, 0.2) is 47.6 Å². The molecule has 2 atom stereocenters. The Balaban J connectivity index is 1.75. The van der Waals surface area contributed by atoms with Crippen molar-refractivity contribution in [1.29, 1.82) is 0 Å². The summed E-state index contributed by atoms with van der Waals surface area (Å²) in [5.41, 5.74) is 0. The van der Waals surface area contributed by atoms with Crippen LogP contribution in [0.1, 0.15) is 13.8 Å². The zero-order valence-electron chi connectivity index (χ0n) is 13.7. The van der Waals surface area contributed by atoms with Crippen LogP contribution in [0.5, 0.6) is 5.75 Å². The molecule has 0 fully saturated rings. The number of thioether (sulfide) groups is 1. The van der Waals surface area contributed by atoms with Crippen LogP contribution in [0.2, 0.25) is 0 Å². The Labute approximate surface area is 141 Å². The molecule has 0 unspecified atom stereocenters. The van der Waals surface area contributed by atoms with Crippen molar-refractivity contribution in [3.05, 3.63) is 42.7 Å². The van der Waals surface area contributed by atoms with E-state index in [1.165, 1.54) is 4.90 Å². The van der Waals surface area contributed by atoms with Gasteiger partial charge < -0.3 is 10.1 Å². The Morgan fingerprint density at radius 1 is 1.35 bits per heavy atom. The molecule has 5 nitrogen and oxygen atoms in total. The fraction of sp³-hybridized carbons (Fsp3) is 0.412. The van der Waals surface area contributed by atoms with Crippen molar-refractivity contribution in [2.45, 2.75) is 31.4 Å². The van der Waals surface area contributed by atoms with Gasteiger partial charge in [0.25, 0.3) is 5.91 Å². The first-order valence-electron chi connectivity index (χ1n) is 7.64. The fourth-order valence-corrected chi connectivity index (χ4v) is 2.53. The highest BCUT2D eigenvalue weighted by Crippen LogP contribution is 2.19. The highest BCUT2D eigenvalue weighted by Gasteiger charge is 2.15. The molecule has 124 valence electrons. The van der Waals surface area contributed by atoms with Crippen LogP contribution in [0.3, 0.4) is 0 Å². The molecule has 0 saturated carbocycles. The van der Waals surface area contributed by atoms with Crippen LogP contribution in [0.4, 0.5) is 0 Å². The van der Waals surface area contributed by atoms with Gasteiger partial charge in [-0.25, -0.2) is 0 Å². The maximum atomic E-state index is 12.1. The lowest BCUT2D eigenvalue weighted by Crippen LogP contribution is -2.39. The molecule has 0 radical (unpaired) electrons. The Kier molecular flexibility index (Phi) is 6.52. The first-order valence-corrected chi connectivity index (χ1v) is 8.87. The number of carbonyl (C=O) groups is 1. The predicted molar refractivity (Wildman–Crippen MR) is 92.7 cm³/mol. The molecule has 1 aromatic heterocycles. The van der Waals surface area contributed by atoms with Gasteiger partial charge >= 0.3 is 0 Å². The second-order valence-electron chi connectivity index (χ2n) is 5.51. The number of ether oxygens (including phenoxy) is 1. The lowest BCUT2D eigenvalue weighted by Gasteiger charge is -2.17. The van der Waals surface area contributed by atoms with Gasteiger partial charge in [0.05, 0.1) is 0 Å². The van der Waals surface area contributed by atoms with E-state index in [1.54, 1.807) is 24.9 Å². The molecule has 0 bridgehead atoms. The lowest BCUT2D eigenvalue weighted by molar-refractivity contribution is -0.127. The first-order chi connectivity index (χ1) is 11.1. The third-order valence-electron chi connectivity index (χ3n) is 3.42. The molecule has 23 heavy (non-hydrogen) atoms. The Morgan fingerprint density at radius 3 is 2.70 bits per heavy atom. The normalized spacial score (nSPS) is 13.3. The summed E-state index contributed by atoms with van der Waals surface area (Å²) < 4.78 is 7.54. The molecule has 1 N–H and O–H groups in total. The van der Waals surface area contributed by atoms with Crippen molar-refractivity contribution in [3.8, 4) is 5.75 Å². The minimum Gasteiger partial charge on any atom is -0.481 e. The number of carbonyl (C=O) groups excluding carboxylic acids is 1. The highest BCUT2D eigenvalue weighted by molar-refractivity contribution is 7.98. The van der Waals surface area contributed by atoms with Crippen LogP contribution in [-0.2, 0) is 11.3 Å². The molecular weight excluding hydrogens is 310 g/mol. The Bertz CT molecular complexity index is 599. The summed E-state index contributed by atoms with van der Waals surface area (Å²) in [5.74, 6) is 0.896. The molecule has 0 aliphatic carbocycles. The third kappa shape index (κ3) is 5.63. The first kappa shape index (κ1) is 17.4. The maximum absolute atomic E-state index is 12.1. The van der Waals surface area contributed by atoms with Crippen molar-refractivity contribution in [2.24, 2.45) is 5.92 Å². The standard InChI is InChI=1S/C17H23N3O2S/c1-13(12-20-10-4-9-19-20)11-18-17(21)14(2)22-15-5-7-16(23-3)8-6-15/h4-10,13-14H,11-12H2,1-3H3,(H,18,21)/t13-,14-/m1/s1. The van der Waals surface area contributed by atoms with E-state index in [0.717, 1.165) is 6.54 Å². The molecule has 0 aliphatic rings. The minimum absolute atomic E-state index is 0.105. The largest absolute Gasteiger partial charge is 0.481 e. The van der Waals surface area contributed by atoms with Gasteiger partial charge in [-0.2, -0.15) is 5.10 Å². The van der Waals surface area contributed by atoms with Crippen molar-refractivity contribution in [2.75, 3.05) is 12.8 Å². The molecule has 1 aromatic carbocycles. The molecule has 6 heteroatoms. The van der Waals surface area contributed by atoms with Crippen LogP contribution in [0, 0.1) is 5.92 Å². The molecule has 0 spiro atoms. The summed E-state index contributed by atoms with van der Waals surface area (Å²) >= 11 is 1.67. The number of nitrogens with one attached hydrogen (secondary N) is 1. The number of hydrogen-bond donors (Lipinski definition) is 1. The third-order valence-corrected chi connectivity index (χ3v) is 4.17. The van der Waals surface area contributed by atoms with Crippen molar-refractivity contribution >= 4 is 17.7 Å². The molecule has 0 saturated heterocycles. The van der Waals surface area contributed by atoms with E-state index in [0.29, 0.717) is 18.2 Å². The van der Waals surface area contributed by atoms with E-state index in [4.69, 9.17) is 4.74 Å². The number of amides is 1. The second-order valence-corrected chi connectivity index (χ2v) is 6.39. The second kappa shape index (κ2) is 8.62. The van der Waals surface area contributed by atoms with E-state index in [2.05, 4.69) is 17.3 Å². The molecule has 2 rings (SSSR count). The van der Waals surface area contributed by atoms with Gasteiger partial charge in [0.1, 0.15) is 5.75 Å². The SMILES string of the molecule is CSc1ccc(O[C@H](C)C(=O)NC[C@@H](C)Cn2cccn2)cc1. The molecule has 0 aliphatic heterocycles. The monoisotopic (exact) mass is 333 g/mol. The van der Waals surface area contributed by atoms with Crippen LogP contribution in [-0.4, -0.2) is 34.6 Å². The van der Waals surface area contributed by atoms with Crippen LogP contribution in [0.25, 0.3) is 0 Å². The molecule has 1 amide bonds. The molecule has 1 heterocycles. The van der Waals surface area contributed by atoms with E-state index in [-0.39, 0.29) is 5.91 Å². The van der Waals surface area contributed by atoms with Gasteiger partial charge in [-0.1, -0.05) is 6.92 Å². The maximum Gasteiger partial charge on any atom is 0.260 e. The smallest absolute Gasteiger partial charge is 0.260 e. The van der Waals surface area contributed by atoms with E-state index in [1.807, 2.05) is 47.5 Å². The van der Waals surface area contributed by atoms with Gasteiger partial charge in [0, 0.05) is 30.4 Å². The summed E-state index contributed by atoms with van der Waals surface area (Å²) in [6, 6.07) is 9.63. The average Bonchev–Trinajstić information content (AvgIpc) is 3.06. The van der Waals surface area contributed by atoms with Gasteiger partial charge in [0.2, 0.25) is 0 Å². The predicted octanol–water partition coefficient (Wildman–Crippen LogP) is 2.82. The van der Waals surface area contributed by atoms with E-state index >= 15 is 0 Å². The van der Waals surface area contributed by atoms with Crippen molar-refractivity contribution in [3.63, 3.8) is 0 Å². The van der Waals surface area contributed by atoms with E-state index < -0.39 is 6.10 Å². The Morgan fingerprint density at radius 2 is 2.09 bits per heavy atom. The van der Waals surface area contributed by atoms with Gasteiger partial charge in [-0.15, -0.1) is 11.8 Å². The summed E-state index contributed by atoms with van der Waals surface area (Å²) in [4.78, 5) is 13.3. The average molecular weight is 333 g/mol. The topological polar surface area (TPSA) is 56.1 Å². The van der Waals surface area contributed by atoms with Gasteiger partial charge in [-0.3, -0.25) is 9.48 Å². The number of aromatic nitrogens is 2. The lowest BCUT2D eigenvalue weighted by atomic mass is 10.2. The number of benzene rings is 1. The van der Waals surface area contributed by atoms with Crippen LogP contribution < -0.4 is 10.1 Å². The molecule has 2 aromatic rings. The highest BCUT2D eigenvalue weighted by atomic mass is 32.2.